The summed E-state index contributed by atoms with van der Waals surface area (Å²) in [6.45, 7) is 13.6. The van der Waals surface area contributed by atoms with Crippen LogP contribution in [0.15, 0.2) is 42.5 Å². The van der Waals surface area contributed by atoms with Crippen molar-refractivity contribution in [2.45, 2.75) is 92.3 Å². The second kappa shape index (κ2) is 11.4. The quantitative estimate of drug-likeness (QED) is 0.368. The molecule has 2 aromatic rings. The van der Waals surface area contributed by atoms with E-state index in [4.69, 9.17) is 9.05 Å². The number of nitrogens with one attached hydrogen (secondary N) is 1. The number of hydrogen-bond donors (Lipinski definition) is 1. The summed E-state index contributed by atoms with van der Waals surface area (Å²) in [5, 5.41) is 5.50. The SMILES string of the molecule is CC(C)[C@H]1CC[C@@H](C)C[C@H]1OP(=O)(Nc1cccc2ccccc12)O[C@@H]1C[C@H](C)CC[C@@H]1C(C)C. The van der Waals surface area contributed by atoms with Gasteiger partial charge in [0.25, 0.3) is 0 Å². The van der Waals surface area contributed by atoms with Crippen molar-refractivity contribution in [3.05, 3.63) is 42.5 Å². The van der Waals surface area contributed by atoms with E-state index in [1.54, 1.807) is 0 Å². The highest BCUT2D eigenvalue weighted by molar-refractivity contribution is 7.55. The van der Waals surface area contributed by atoms with Gasteiger partial charge in [-0.25, -0.2) is 4.57 Å². The topological polar surface area (TPSA) is 47.6 Å². The van der Waals surface area contributed by atoms with Gasteiger partial charge in [-0.05, 0) is 72.6 Å². The minimum atomic E-state index is -3.64. The Morgan fingerprint density at radius 3 is 1.83 bits per heavy atom. The van der Waals surface area contributed by atoms with Crippen molar-refractivity contribution >= 4 is 24.2 Å². The maximum absolute atomic E-state index is 14.8. The van der Waals surface area contributed by atoms with Crippen LogP contribution >= 0.6 is 7.75 Å². The maximum Gasteiger partial charge on any atom is 0.433 e. The van der Waals surface area contributed by atoms with Crippen molar-refractivity contribution in [2.24, 2.45) is 35.5 Å². The fourth-order valence-electron chi connectivity index (χ4n) is 6.38. The highest BCUT2D eigenvalue weighted by Gasteiger charge is 2.42. The van der Waals surface area contributed by atoms with Gasteiger partial charge in [-0.15, -0.1) is 0 Å². The molecule has 0 aromatic heterocycles. The van der Waals surface area contributed by atoms with Gasteiger partial charge in [0.1, 0.15) is 0 Å². The normalized spacial score (nSPS) is 30.2. The van der Waals surface area contributed by atoms with Gasteiger partial charge < -0.3 is 0 Å². The Bertz CT molecular complexity index is 978. The average Bonchev–Trinajstić information content (AvgIpc) is 2.79. The molecule has 194 valence electrons. The van der Waals surface area contributed by atoms with Gasteiger partial charge in [-0.2, -0.15) is 0 Å². The molecule has 35 heavy (non-hydrogen) atoms. The molecular weight excluding hydrogens is 453 g/mol. The van der Waals surface area contributed by atoms with E-state index in [0.717, 1.165) is 42.1 Å². The first kappa shape index (κ1) is 26.7. The van der Waals surface area contributed by atoms with Crippen LogP contribution in [0.2, 0.25) is 0 Å². The molecule has 2 aliphatic carbocycles. The number of anilines is 1. The molecule has 5 heteroatoms. The van der Waals surface area contributed by atoms with E-state index in [-0.39, 0.29) is 12.2 Å². The minimum absolute atomic E-state index is 0.0643. The lowest BCUT2D eigenvalue weighted by molar-refractivity contribution is -0.00187. The molecule has 1 N–H and O–H groups in total. The van der Waals surface area contributed by atoms with Gasteiger partial charge >= 0.3 is 7.75 Å². The first-order chi connectivity index (χ1) is 16.6. The third-order valence-corrected chi connectivity index (χ3v) is 10.1. The third kappa shape index (κ3) is 6.51. The van der Waals surface area contributed by atoms with E-state index in [9.17, 15) is 4.57 Å². The zero-order valence-electron chi connectivity index (χ0n) is 22.6. The molecule has 0 amide bonds. The lowest BCUT2D eigenvalue weighted by atomic mass is 9.75. The van der Waals surface area contributed by atoms with Crippen molar-refractivity contribution in [2.75, 3.05) is 5.09 Å². The van der Waals surface area contributed by atoms with Crippen LogP contribution in [-0.2, 0) is 13.6 Å². The number of hydrogen-bond acceptors (Lipinski definition) is 3. The van der Waals surface area contributed by atoms with Crippen molar-refractivity contribution in [3.8, 4) is 0 Å². The lowest BCUT2D eigenvalue weighted by Gasteiger charge is -2.41. The first-order valence-corrected chi connectivity index (χ1v) is 15.4. The van der Waals surface area contributed by atoms with Crippen LogP contribution in [0.4, 0.5) is 5.69 Å². The molecule has 0 heterocycles. The van der Waals surface area contributed by atoms with Gasteiger partial charge in [-0.3, -0.25) is 14.1 Å². The molecule has 0 radical (unpaired) electrons. The Labute approximate surface area is 213 Å². The molecule has 0 bridgehead atoms. The molecule has 0 saturated heterocycles. The fraction of sp³-hybridized carbons (Fsp3) is 0.667. The molecule has 2 saturated carbocycles. The smallest absolute Gasteiger partial charge is 0.292 e. The Kier molecular flexibility index (Phi) is 8.67. The van der Waals surface area contributed by atoms with Crippen molar-refractivity contribution < 1.29 is 13.6 Å². The summed E-state index contributed by atoms with van der Waals surface area (Å²) in [5.41, 5.74) is 0.821. The summed E-state index contributed by atoms with van der Waals surface area (Å²) < 4.78 is 28.1. The highest BCUT2D eigenvalue weighted by Crippen LogP contribution is 2.56. The average molecular weight is 500 g/mol. The van der Waals surface area contributed by atoms with E-state index < -0.39 is 7.75 Å². The summed E-state index contributed by atoms with van der Waals surface area (Å²) in [4.78, 5) is 0. The van der Waals surface area contributed by atoms with E-state index in [0.29, 0.717) is 35.5 Å². The number of fused-ring (bicyclic) bond motifs is 1. The molecule has 0 spiro atoms. The van der Waals surface area contributed by atoms with Crippen LogP contribution in [0, 0.1) is 35.5 Å². The Hall–Kier alpha value is -1.35. The van der Waals surface area contributed by atoms with Crippen LogP contribution in [0.25, 0.3) is 10.8 Å². The number of rotatable bonds is 8. The van der Waals surface area contributed by atoms with Gasteiger partial charge in [0.05, 0.1) is 17.9 Å². The molecule has 2 fully saturated rings. The molecule has 6 atom stereocenters. The van der Waals surface area contributed by atoms with E-state index in [2.05, 4.69) is 64.8 Å². The van der Waals surface area contributed by atoms with Crippen molar-refractivity contribution in [1.29, 1.82) is 0 Å². The zero-order valence-corrected chi connectivity index (χ0v) is 23.5. The van der Waals surface area contributed by atoms with Crippen molar-refractivity contribution in [3.63, 3.8) is 0 Å². The molecule has 0 aliphatic heterocycles. The predicted molar refractivity (Wildman–Crippen MR) is 148 cm³/mol. The molecule has 0 unspecified atom stereocenters. The molecule has 4 rings (SSSR count). The molecule has 2 aliphatic rings. The fourth-order valence-corrected chi connectivity index (χ4v) is 8.22. The van der Waals surface area contributed by atoms with Crippen LogP contribution in [0.5, 0.6) is 0 Å². The van der Waals surface area contributed by atoms with Gasteiger partial charge in [0, 0.05) is 5.39 Å². The lowest BCUT2D eigenvalue weighted by Crippen LogP contribution is -2.37. The Balaban J connectivity index is 1.68. The predicted octanol–water partition coefficient (Wildman–Crippen LogP) is 9.31. The van der Waals surface area contributed by atoms with Gasteiger partial charge in [0.2, 0.25) is 0 Å². The van der Waals surface area contributed by atoms with Gasteiger partial charge in [0.15, 0.2) is 0 Å². The largest absolute Gasteiger partial charge is 0.433 e. The monoisotopic (exact) mass is 499 g/mol. The Morgan fingerprint density at radius 1 is 0.771 bits per heavy atom. The summed E-state index contributed by atoms with van der Waals surface area (Å²) in [6.07, 6.45) is 6.39. The second-order valence-corrected chi connectivity index (χ2v) is 13.7. The molecule has 2 aromatic carbocycles. The van der Waals surface area contributed by atoms with Crippen LogP contribution in [0.3, 0.4) is 0 Å². The Morgan fingerprint density at radius 2 is 1.29 bits per heavy atom. The summed E-state index contributed by atoms with van der Waals surface area (Å²) in [6, 6.07) is 14.3. The summed E-state index contributed by atoms with van der Waals surface area (Å²) in [5.74, 6) is 2.89. The maximum atomic E-state index is 14.8. The molecular formula is C30H46NO3P. The zero-order chi connectivity index (χ0) is 25.2. The minimum Gasteiger partial charge on any atom is -0.292 e. The van der Waals surface area contributed by atoms with Crippen LogP contribution in [-0.4, -0.2) is 12.2 Å². The van der Waals surface area contributed by atoms with Crippen molar-refractivity contribution in [1.82, 2.24) is 0 Å². The summed E-state index contributed by atoms with van der Waals surface area (Å²) in [7, 11) is -3.64. The highest BCUT2D eigenvalue weighted by atomic mass is 31.2. The third-order valence-electron chi connectivity index (χ3n) is 8.52. The summed E-state index contributed by atoms with van der Waals surface area (Å²) >= 11 is 0. The van der Waals surface area contributed by atoms with E-state index in [1.165, 1.54) is 12.8 Å². The number of benzene rings is 2. The van der Waals surface area contributed by atoms with Crippen LogP contribution < -0.4 is 5.09 Å². The van der Waals surface area contributed by atoms with E-state index in [1.807, 2.05) is 24.3 Å². The standard InChI is InChI=1S/C30H46NO3P/c1-20(2)25-16-14-22(5)18-29(25)33-35(32,34-30-19-23(6)15-17-26(30)21(3)4)31-28-13-9-11-24-10-7-8-12-27(24)28/h7-13,20-23,25-26,29-30H,14-19H2,1-6H3,(H,31,32)/t22-,23-,25-,26-,29-,30-/m1/s1. The first-order valence-electron chi connectivity index (χ1n) is 13.9. The van der Waals surface area contributed by atoms with E-state index >= 15 is 0 Å². The second-order valence-electron chi connectivity index (χ2n) is 12.1. The molecule has 4 nitrogen and oxygen atoms in total. The van der Waals surface area contributed by atoms with Crippen LogP contribution in [0.1, 0.15) is 80.1 Å². The van der Waals surface area contributed by atoms with Gasteiger partial charge in [-0.1, -0.05) is 90.8 Å².